The van der Waals surface area contributed by atoms with Gasteiger partial charge in [-0.05, 0) is 50.8 Å². The fraction of sp³-hybridized carbons (Fsp3) is 0.450. The van der Waals surface area contributed by atoms with Gasteiger partial charge in [-0.2, -0.15) is 0 Å². The maximum atomic E-state index is 12.3. The summed E-state index contributed by atoms with van der Waals surface area (Å²) in [4.78, 5) is 23.0. The van der Waals surface area contributed by atoms with Crippen LogP contribution < -0.4 is 15.0 Å². The van der Waals surface area contributed by atoms with Gasteiger partial charge in [-0.25, -0.2) is 9.97 Å². The molecule has 0 aliphatic carbocycles. The molecular weight excluding hydrogens is 328 g/mol. The standard InChI is InChI=1S/C20H26N4O2/c1-14-11-15(2)19(16(3)12-14)26-13-18(25)23-17-5-9-24(10-6-17)20-21-7-4-8-22-20/h4,7-8,11-12,17H,5-6,9-10,13H2,1-3H3,(H,23,25). The molecule has 3 rings (SSSR count). The fourth-order valence-corrected chi connectivity index (χ4v) is 3.48. The average Bonchev–Trinajstić information content (AvgIpc) is 2.62. The Balaban J connectivity index is 1.46. The molecule has 0 unspecified atom stereocenters. The molecular formula is C20H26N4O2. The third-order valence-corrected chi connectivity index (χ3v) is 4.65. The highest BCUT2D eigenvalue weighted by Gasteiger charge is 2.22. The molecule has 1 aromatic carbocycles. The van der Waals surface area contributed by atoms with Crippen LogP contribution in [0.4, 0.5) is 5.95 Å². The smallest absolute Gasteiger partial charge is 0.258 e. The topological polar surface area (TPSA) is 67.3 Å². The lowest BCUT2D eigenvalue weighted by molar-refractivity contribution is -0.123. The number of anilines is 1. The Bertz CT molecular complexity index is 733. The first kappa shape index (κ1) is 18.2. The molecule has 0 bridgehead atoms. The van der Waals surface area contributed by atoms with Gasteiger partial charge in [0.15, 0.2) is 6.61 Å². The van der Waals surface area contributed by atoms with E-state index in [1.807, 2.05) is 19.9 Å². The summed E-state index contributed by atoms with van der Waals surface area (Å²) in [5, 5.41) is 3.08. The normalized spacial score (nSPS) is 15.0. The largest absolute Gasteiger partial charge is 0.483 e. The molecule has 1 aliphatic heterocycles. The third-order valence-electron chi connectivity index (χ3n) is 4.65. The van der Waals surface area contributed by atoms with Crippen molar-refractivity contribution in [1.29, 1.82) is 0 Å². The molecule has 2 aromatic rings. The van der Waals surface area contributed by atoms with Crippen LogP contribution in [0.1, 0.15) is 29.5 Å². The van der Waals surface area contributed by atoms with Crippen molar-refractivity contribution in [3.63, 3.8) is 0 Å². The SMILES string of the molecule is Cc1cc(C)c(OCC(=O)NC2CCN(c3ncccn3)CC2)c(C)c1. The Morgan fingerprint density at radius 1 is 1.15 bits per heavy atom. The molecule has 2 heterocycles. The van der Waals surface area contributed by atoms with Gasteiger partial charge in [0.05, 0.1) is 0 Å². The zero-order chi connectivity index (χ0) is 18.5. The van der Waals surface area contributed by atoms with Gasteiger partial charge in [-0.1, -0.05) is 17.7 Å². The van der Waals surface area contributed by atoms with Crippen LogP contribution >= 0.6 is 0 Å². The summed E-state index contributed by atoms with van der Waals surface area (Å²) in [6.45, 7) is 7.80. The second-order valence-corrected chi connectivity index (χ2v) is 6.89. The van der Waals surface area contributed by atoms with Gasteiger partial charge in [0, 0.05) is 31.5 Å². The van der Waals surface area contributed by atoms with E-state index in [1.54, 1.807) is 12.4 Å². The van der Waals surface area contributed by atoms with Gasteiger partial charge in [-0.3, -0.25) is 4.79 Å². The van der Waals surface area contributed by atoms with Crippen LogP contribution in [-0.2, 0) is 4.79 Å². The summed E-state index contributed by atoms with van der Waals surface area (Å²) >= 11 is 0. The highest BCUT2D eigenvalue weighted by Crippen LogP contribution is 2.24. The molecule has 1 aliphatic rings. The molecule has 1 aromatic heterocycles. The van der Waals surface area contributed by atoms with Crippen molar-refractivity contribution in [2.24, 2.45) is 0 Å². The number of aromatic nitrogens is 2. The molecule has 26 heavy (non-hydrogen) atoms. The highest BCUT2D eigenvalue weighted by molar-refractivity contribution is 5.78. The summed E-state index contributed by atoms with van der Waals surface area (Å²) < 4.78 is 5.77. The first-order chi connectivity index (χ1) is 12.5. The number of amides is 1. The number of carbonyl (C=O) groups is 1. The molecule has 138 valence electrons. The van der Waals surface area contributed by atoms with Crippen molar-refractivity contribution in [3.05, 3.63) is 47.3 Å². The molecule has 0 saturated carbocycles. The number of nitrogens with one attached hydrogen (secondary N) is 1. The van der Waals surface area contributed by atoms with E-state index >= 15 is 0 Å². The quantitative estimate of drug-likeness (QED) is 0.894. The number of benzene rings is 1. The second-order valence-electron chi connectivity index (χ2n) is 6.89. The van der Waals surface area contributed by atoms with Gasteiger partial charge < -0.3 is 15.0 Å². The van der Waals surface area contributed by atoms with Gasteiger partial charge in [-0.15, -0.1) is 0 Å². The summed E-state index contributed by atoms with van der Waals surface area (Å²) in [7, 11) is 0. The van der Waals surface area contributed by atoms with Crippen molar-refractivity contribution < 1.29 is 9.53 Å². The van der Waals surface area contributed by atoms with E-state index in [0.29, 0.717) is 0 Å². The van der Waals surface area contributed by atoms with Crippen LogP contribution in [0.3, 0.4) is 0 Å². The Morgan fingerprint density at radius 3 is 2.38 bits per heavy atom. The number of nitrogens with zero attached hydrogens (tertiary/aromatic N) is 3. The van der Waals surface area contributed by atoms with Crippen molar-refractivity contribution >= 4 is 11.9 Å². The van der Waals surface area contributed by atoms with Crippen LogP contribution in [0.15, 0.2) is 30.6 Å². The number of hydrogen-bond donors (Lipinski definition) is 1. The van der Waals surface area contributed by atoms with E-state index in [0.717, 1.165) is 48.8 Å². The molecule has 6 heteroatoms. The lowest BCUT2D eigenvalue weighted by atomic mass is 10.1. The molecule has 1 saturated heterocycles. The summed E-state index contributed by atoms with van der Waals surface area (Å²) in [5.74, 6) is 1.49. The molecule has 1 N–H and O–H groups in total. The van der Waals surface area contributed by atoms with Crippen molar-refractivity contribution in [2.45, 2.75) is 39.7 Å². The van der Waals surface area contributed by atoms with Crippen molar-refractivity contribution in [3.8, 4) is 5.75 Å². The van der Waals surface area contributed by atoms with Gasteiger partial charge in [0.1, 0.15) is 5.75 Å². The van der Waals surface area contributed by atoms with E-state index in [4.69, 9.17) is 4.74 Å². The van der Waals surface area contributed by atoms with E-state index < -0.39 is 0 Å². The van der Waals surface area contributed by atoms with Gasteiger partial charge in [0.25, 0.3) is 5.91 Å². The maximum absolute atomic E-state index is 12.3. The highest BCUT2D eigenvalue weighted by atomic mass is 16.5. The number of aryl methyl sites for hydroxylation is 3. The zero-order valence-corrected chi connectivity index (χ0v) is 15.7. The van der Waals surface area contributed by atoms with Gasteiger partial charge >= 0.3 is 0 Å². The van der Waals surface area contributed by atoms with E-state index in [2.05, 4.69) is 39.2 Å². The number of rotatable bonds is 5. The van der Waals surface area contributed by atoms with Gasteiger partial charge in [0.2, 0.25) is 5.95 Å². The number of piperidine rings is 1. The van der Waals surface area contributed by atoms with Crippen LogP contribution in [0, 0.1) is 20.8 Å². The average molecular weight is 354 g/mol. The Labute approximate surface area is 154 Å². The first-order valence-corrected chi connectivity index (χ1v) is 9.05. The number of carbonyl (C=O) groups excluding carboxylic acids is 1. The zero-order valence-electron chi connectivity index (χ0n) is 15.7. The summed E-state index contributed by atoms with van der Waals surface area (Å²) in [6.07, 6.45) is 5.27. The van der Waals surface area contributed by atoms with Crippen LogP contribution in [0.2, 0.25) is 0 Å². The molecule has 0 atom stereocenters. The van der Waals surface area contributed by atoms with E-state index in [-0.39, 0.29) is 18.6 Å². The predicted molar refractivity (Wildman–Crippen MR) is 102 cm³/mol. The lowest BCUT2D eigenvalue weighted by Gasteiger charge is -2.32. The minimum atomic E-state index is -0.0706. The minimum Gasteiger partial charge on any atom is -0.483 e. The monoisotopic (exact) mass is 354 g/mol. The summed E-state index contributed by atoms with van der Waals surface area (Å²) in [6, 6.07) is 6.13. The van der Waals surface area contributed by atoms with Crippen LogP contribution in [-0.4, -0.2) is 41.6 Å². The predicted octanol–water partition coefficient (Wildman–Crippen LogP) is 2.57. The number of ether oxygens (including phenoxy) is 1. The molecule has 0 radical (unpaired) electrons. The van der Waals surface area contributed by atoms with Crippen molar-refractivity contribution in [2.75, 3.05) is 24.6 Å². The molecule has 6 nitrogen and oxygen atoms in total. The first-order valence-electron chi connectivity index (χ1n) is 9.05. The van der Waals surface area contributed by atoms with E-state index in [1.165, 1.54) is 5.56 Å². The maximum Gasteiger partial charge on any atom is 0.258 e. The number of hydrogen-bond acceptors (Lipinski definition) is 5. The Kier molecular flexibility index (Phi) is 5.71. The fourth-order valence-electron chi connectivity index (χ4n) is 3.48. The van der Waals surface area contributed by atoms with Crippen molar-refractivity contribution in [1.82, 2.24) is 15.3 Å². The van der Waals surface area contributed by atoms with Crippen LogP contribution in [0.5, 0.6) is 5.75 Å². The Hall–Kier alpha value is -2.63. The molecule has 0 spiro atoms. The van der Waals surface area contributed by atoms with E-state index in [9.17, 15) is 4.79 Å². The van der Waals surface area contributed by atoms with Crippen LogP contribution in [0.25, 0.3) is 0 Å². The molecule has 1 amide bonds. The lowest BCUT2D eigenvalue weighted by Crippen LogP contribution is -2.46. The minimum absolute atomic E-state index is 0.0484. The third kappa shape index (κ3) is 4.50. The molecule has 1 fully saturated rings. The summed E-state index contributed by atoms with van der Waals surface area (Å²) in [5.41, 5.74) is 3.32. The second kappa shape index (κ2) is 8.17. The Morgan fingerprint density at radius 2 is 1.77 bits per heavy atom.